The minimum absolute atomic E-state index is 0.169. The first-order chi connectivity index (χ1) is 9.28. The highest BCUT2D eigenvalue weighted by atomic mass is 16.3. The summed E-state index contributed by atoms with van der Waals surface area (Å²) in [6.45, 7) is 2.57. The average molecular weight is 265 g/mol. The van der Waals surface area contributed by atoms with Crippen LogP contribution in [0.2, 0.25) is 0 Å². The van der Waals surface area contributed by atoms with Crippen molar-refractivity contribution in [1.29, 1.82) is 0 Å². The molecule has 2 aromatic rings. The number of hydrogen-bond acceptors (Lipinski definition) is 6. The van der Waals surface area contributed by atoms with Gasteiger partial charge in [0.25, 0.3) is 0 Å². The molecule has 7 heteroatoms. The number of aliphatic hydroxyl groups excluding tert-OH is 2. The van der Waals surface area contributed by atoms with Crippen LogP contribution in [0.25, 0.3) is 5.65 Å². The molecule has 0 aliphatic carbocycles. The first-order valence-electron chi connectivity index (χ1n) is 6.34. The average Bonchev–Trinajstić information content (AvgIpc) is 2.90. The zero-order valence-corrected chi connectivity index (χ0v) is 10.9. The van der Waals surface area contributed by atoms with Crippen molar-refractivity contribution in [3.63, 3.8) is 0 Å². The van der Waals surface area contributed by atoms with Gasteiger partial charge in [-0.3, -0.25) is 0 Å². The molecular weight excluding hydrogens is 246 g/mol. The number of rotatable bonds is 7. The normalized spacial score (nSPS) is 11.2. The van der Waals surface area contributed by atoms with E-state index in [-0.39, 0.29) is 13.2 Å². The summed E-state index contributed by atoms with van der Waals surface area (Å²) in [7, 11) is 0. The smallest absolute Gasteiger partial charge is 0.180 e. The maximum atomic E-state index is 9.13. The lowest BCUT2D eigenvalue weighted by Gasteiger charge is -2.15. The number of aliphatic hydroxyl groups is 2. The minimum atomic E-state index is -0.450. The van der Waals surface area contributed by atoms with Crippen molar-refractivity contribution >= 4 is 17.3 Å². The molecule has 0 bridgehead atoms. The van der Waals surface area contributed by atoms with Crippen molar-refractivity contribution in [1.82, 2.24) is 14.4 Å². The van der Waals surface area contributed by atoms with Crippen LogP contribution in [0.1, 0.15) is 13.3 Å². The number of nitrogens with one attached hydrogen (secondary N) is 2. The Morgan fingerprint density at radius 3 is 2.84 bits per heavy atom. The number of imidazole rings is 1. The van der Waals surface area contributed by atoms with Gasteiger partial charge in [-0.25, -0.2) is 9.97 Å². The molecule has 2 rings (SSSR count). The number of hydrogen-bond donors (Lipinski definition) is 4. The summed E-state index contributed by atoms with van der Waals surface area (Å²) in [5.41, 5.74) is 0.661. The van der Waals surface area contributed by atoms with Gasteiger partial charge in [0, 0.05) is 18.9 Å². The number of anilines is 2. The van der Waals surface area contributed by atoms with Gasteiger partial charge in [0.2, 0.25) is 0 Å². The molecule has 0 aromatic carbocycles. The van der Waals surface area contributed by atoms with E-state index in [1.54, 1.807) is 6.20 Å². The van der Waals surface area contributed by atoms with Crippen molar-refractivity contribution in [2.45, 2.75) is 19.4 Å². The van der Waals surface area contributed by atoms with Gasteiger partial charge in [0.15, 0.2) is 11.5 Å². The van der Waals surface area contributed by atoms with E-state index in [9.17, 15) is 0 Å². The fourth-order valence-electron chi connectivity index (χ4n) is 1.71. The van der Waals surface area contributed by atoms with E-state index in [2.05, 4.69) is 27.5 Å². The monoisotopic (exact) mass is 265 g/mol. The fraction of sp³-hybridized carbons (Fsp3) is 0.500. The van der Waals surface area contributed by atoms with E-state index >= 15 is 0 Å². The van der Waals surface area contributed by atoms with Gasteiger partial charge < -0.3 is 25.2 Å². The standard InChI is InChI=1S/C12H19N5O2/c1-2-3-13-10-6-17-5-4-14-12(17)11(16-10)15-9(7-18)8-19/h4-6,9,13,18-19H,2-3,7-8H2,1H3,(H,15,16). The Labute approximate surface area is 111 Å². The molecule has 0 saturated heterocycles. The Morgan fingerprint density at radius 1 is 1.37 bits per heavy atom. The maximum Gasteiger partial charge on any atom is 0.180 e. The molecule has 0 amide bonds. The van der Waals surface area contributed by atoms with Crippen LogP contribution in [-0.4, -0.2) is 50.4 Å². The molecule has 0 unspecified atom stereocenters. The molecule has 0 spiro atoms. The summed E-state index contributed by atoms with van der Waals surface area (Å²) in [5.74, 6) is 1.27. The van der Waals surface area contributed by atoms with Gasteiger partial charge in [-0.05, 0) is 6.42 Å². The SMILES string of the molecule is CCCNc1cn2ccnc2c(NC(CO)CO)n1. The van der Waals surface area contributed by atoms with Crippen LogP contribution in [0.3, 0.4) is 0 Å². The first kappa shape index (κ1) is 13.6. The first-order valence-corrected chi connectivity index (χ1v) is 6.34. The van der Waals surface area contributed by atoms with E-state index in [0.717, 1.165) is 18.8 Å². The highest BCUT2D eigenvalue weighted by Crippen LogP contribution is 2.17. The predicted octanol–water partition coefficient (Wildman–Crippen LogP) is 0.316. The zero-order valence-electron chi connectivity index (χ0n) is 10.9. The van der Waals surface area contributed by atoms with Crippen LogP contribution >= 0.6 is 0 Å². The molecule has 0 aliphatic heterocycles. The Kier molecular flexibility index (Phi) is 4.53. The molecule has 0 saturated carbocycles. The largest absolute Gasteiger partial charge is 0.394 e. The Morgan fingerprint density at radius 2 is 2.16 bits per heavy atom. The minimum Gasteiger partial charge on any atom is -0.394 e. The zero-order chi connectivity index (χ0) is 13.7. The lowest BCUT2D eigenvalue weighted by molar-refractivity contribution is 0.203. The highest BCUT2D eigenvalue weighted by molar-refractivity contribution is 5.65. The van der Waals surface area contributed by atoms with E-state index in [4.69, 9.17) is 10.2 Å². The highest BCUT2D eigenvalue weighted by Gasteiger charge is 2.12. The van der Waals surface area contributed by atoms with Crippen LogP contribution < -0.4 is 10.6 Å². The second kappa shape index (κ2) is 6.35. The third kappa shape index (κ3) is 3.12. The van der Waals surface area contributed by atoms with E-state index < -0.39 is 6.04 Å². The van der Waals surface area contributed by atoms with Gasteiger partial charge in [-0.15, -0.1) is 0 Å². The van der Waals surface area contributed by atoms with Gasteiger partial charge in [-0.2, -0.15) is 0 Å². The maximum absolute atomic E-state index is 9.13. The Hall–Kier alpha value is -1.86. The molecule has 104 valence electrons. The van der Waals surface area contributed by atoms with Crippen molar-refractivity contribution in [2.75, 3.05) is 30.4 Å². The lowest BCUT2D eigenvalue weighted by Crippen LogP contribution is -2.28. The van der Waals surface area contributed by atoms with Gasteiger partial charge in [0.05, 0.1) is 25.5 Å². The van der Waals surface area contributed by atoms with E-state index in [0.29, 0.717) is 11.5 Å². The van der Waals surface area contributed by atoms with E-state index in [1.165, 1.54) is 0 Å². The Balaban J connectivity index is 2.30. The fourth-order valence-corrected chi connectivity index (χ4v) is 1.71. The predicted molar refractivity (Wildman–Crippen MR) is 73.4 cm³/mol. The summed E-state index contributed by atoms with van der Waals surface area (Å²) in [4.78, 5) is 8.63. The van der Waals surface area contributed by atoms with Crippen LogP contribution in [0.5, 0.6) is 0 Å². The van der Waals surface area contributed by atoms with Crippen LogP contribution in [0, 0.1) is 0 Å². The van der Waals surface area contributed by atoms with Crippen LogP contribution in [0.15, 0.2) is 18.6 Å². The molecule has 0 atom stereocenters. The van der Waals surface area contributed by atoms with Crippen LogP contribution in [0.4, 0.5) is 11.6 Å². The molecule has 2 heterocycles. The molecule has 7 nitrogen and oxygen atoms in total. The van der Waals surface area contributed by atoms with Gasteiger partial charge in [-0.1, -0.05) is 6.92 Å². The van der Waals surface area contributed by atoms with Gasteiger partial charge >= 0.3 is 0 Å². The molecule has 0 radical (unpaired) electrons. The topological polar surface area (TPSA) is 94.7 Å². The molecule has 19 heavy (non-hydrogen) atoms. The van der Waals surface area contributed by atoms with E-state index in [1.807, 2.05) is 16.8 Å². The lowest BCUT2D eigenvalue weighted by atomic mass is 10.3. The van der Waals surface area contributed by atoms with Crippen molar-refractivity contribution in [2.24, 2.45) is 0 Å². The molecule has 0 aliphatic rings. The summed E-state index contributed by atoms with van der Waals surface area (Å²) in [6, 6.07) is -0.450. The number of aromatic nitrogens is 3. The third-order valence-electron chi connectivity index (χ3n) is 2.71. The number of fused-ring (bicyclic) bond motifs is 1. The third-order valence-corrected chi connectivity index (χ3v) is 2.71. The van der Waals surface area contributed by atoms with Crippen molar-refractivity contribution in [3.05, 3.63) is 18.6 Å². The second-order valence-corrected chi connectivity index (χ2v) is 4.27. The van der Waals surface area contributed by atoms with Crippen LogP contribution in [-0.2, 0) is 0 Å². The Bertz CT molecular complexity index is 524. The van der Waals surface area contributed by atoms with Crippen molar-refractivity contribution < 1.29 is 10.2 Å². The van der Waals surface area contributed by atoms with Crippen molar-refractivity contribution in [3.8, 4) is 0 Å². The summed E-state index contributed by atoms with van der Waals surface area (Å²) in [5, 5.41) is 24.4. The quantitative estimate of drug-likeness (QED) is 0.576. The molecule has 2 aromatic heterocycles. The van der Waals surface area contributed by atoms with Gasteiger partial charge in [0.1, 0.15) is 5.82 Å². The molecule has 4 N–H and O–H groups in total. The molecular formula is C12H19N5O2. The summed E-state index contributed by atoms with van der Waals surface area (Å²) < 4.78 is 1.85. The summed E-state index contributed by atoms with van der Waals surface area (Å²) >= 11 is 0. The summed E-state index contributed by atoms with van der Waals surface area (Å²) in [6.07, 6.45) is 6.36. The number of nitrogens with zero attached hydrogens (tertiary/aromatic N) is 3. The molecule has 0 fully saturated rings. The second-order valence-electron chi connectivity index (χ2n) is 4.27.